The fraction of sp³-hybridized carbons (Fsp3) is 0.208. The summed E-state index contributed by atoms with van der Waals surface area (Å²) in [6.07, 6.45) is 3.58. The average molecular weight is 415 g/mol. The summed E-state index contributed by atoms with van der Waals surface area (Å²) in [5.74, 6) is 0.663. The van der Waals surface area contributed by atoms with Crippen LogP contribution in [0.25, 0.3) is 11.3 Å². The number of carbonyl (C=O) groups is 1. The molecule has 0 saturated carbocycles. The zero-order valence-electron chi connectivity index (χ0n) is 17.8. The summed E-state index contributed by atoms with van der Waals surface area (Å²) in [4.78, 5) is 16.1. The first-order valence-corrected chi connectivity index (χ1v) is 10.1. The van der Waals surface area contributed by atoms with Crippen LogP contribution in [0.15, 0.2) is 53.4 Å². The Hall–Kier alpha value is -3.87. The van der Waals surface area contributed by atoms with Gasteiger partial charge in [-0.25, -0.2) is 4.98 Å². The SMILES string of the molecule is Cc1cc(CNc2n[nH]c(Cc3ccc(-c4cnco4)cc3)c2C(N)=O)cc(C)c1C. The minimum Gasteiger partial charge on any atom is -0.444 e. The molecule has 1 amide bonds. The van der Waals surface area contributed by atoms with Gasteiger partial charge in [-0.2, -0.15) is 5.10 Å². The van der Waals surface area contributed by atoms with Gasteiger partial charge in [-0.15, -0.1) is 0 Å². The van der Waals surface area contributed by atoms with E-state index in [-0.39, 0.29) is 0 Å². The second-order valence-corrected chi connectivity index (χ2v) is 7.74. The highest BCUT2D eigenvalue weighted by molar-refractivity contribution is 5.99. The zero-order chi connectivity index (χ0) is 22.0. The highest BCUT2D eigenvalue weighted by atomic mass is 16.3. The van der Waals surface area contributed by atoms with Crippen LogP contribution in [-0.2, 0) is 13.0 Å². The number of aromatic amines is 1. The Morgan fingerprint density at radius 1 is 1.10 bits per heavy atom. The Labute approximate surface area is 180 Å². The minimum atomic E-state index is -0.513. The van der Waals surface area contributed by atoms with Gasteiger partial charge in [0.15, 0.2) is 18.0 Å². The van der Waals surface area contributed by atoms with Crippen molar-refractivity contribution in [3.63, 3.8) is 0 Å². The van der Waals surface area contributed by atoms with Crippen LogP contribution in [0.5, 0.6) is 0 Å². The Morgan fingerprint density at radius 3 is 2.42 bits per heavy atom. The maximum atomic E-state index is 12.2. The molecule has 158 valence electrons. The average Bonchev–Trinajstić information content (AvgIpc) is 3.41. The number of hydrogen-bond acceptors (Lipinski definition) is 5. The number of nitrogens with two attached hydrogens (primary N) is 1. The molecule has 0 saturated heterocycles. The molecular weight excluding hydrogens is 390 g/mol. The van der Waals surface area contributed by atoms with Crippen LogP contribution in [0, 0.1) is 20.8 Å². The number of hydrogen-bond donors (Lipinski definition) is 3. The van der Waals surface area contributed by atoms with E-state index < -0.39 is 5.91 Å². The van der Waals surface area contributed by atoms with E-state index in [0.29, 0.717) is 35.8 Å². The normalized spacial score (nSPS) is 10.9. The Bertz CT molecular complexity index is 1180. The molecule has 7 nitrogen and oxygen atoms in total. The van der Waals surface area contributed by atoms with E-state index in [0.717, 1.165) is 16.7 Å². The van der Waals surface area contributed by atoms with Gasteiger partial charge >= 0.3 is 0 Å². The fourth-order valence-corrected chi connectivity index (χ4v) is 3.66. The number of rotatable bonds is 7. The molecule has 2 heterocycles. The number of benzene rings is 2. The molecule has 0 aliphatic carbocycles. The monoisotopic (exact) mass is 415 g/mol. The molecule has 0 aliphatic rings. The minimum absolute atomic E-state index is 0.389. The van der Waals surface area contributed by atoms with Crippen molar-refractivity contribution in [3.05, 3.63) is 88.1 Å². The fourth-order valence-electron chi connectivity index (χ4n) is 3.66. The van der Waals surface area contributed by atoms with Crippen LogP contribution >= 0.6 is 0 Å². The van der Waals surface area contributed by atoms with E-state index in [2.05, 4.69) is 53.4 Å². The van der Waals surface area contributed by atoms with E-state index in [1.807, 2.05) is 24.3 Å². The molecule has 4 N–H and O–H groups in total. The van der Waals surface area contributed by atoms with E-state index in [9.17, 15) is 4.79 Å². The molecule has 0 unspecified atom stereocenters. The van der Waals surface area contributed by atoms with Crippen LogP contribution in [0.3, 0.4) is 0 Å². The first-order chi connectivity index (χ1) is 14.9. The highest BCUT2D eigenvalue weighted by Gasteiger charge is 2.18. The van der Waals surface area contributed by atoms with Crippen molar-refractivity contribution in [2.75, 3.05) is 5.32 Å². The van der Waals surface area contributed by atoms with Gasteiger partial charge < -0.3 is 15.5 Å². The summed E-state index contributed by atoms with van der Waals surface area (Å²) >= 11 is 0. The third kappa shape index (κ3) is 4.35. The smallest absolute Gasteiger partial charge is 0.254 e. The lowest BCUT2D eigenvalue weighted by atomic mass is 10.0. The summed E-state index contributed by atoms with van der Waals surface area (Å²) in [7, 11) is 0. The van der Waals surface area contributed by atoms with Crippen molar-refractivity contribution >= 4 is 11.7 Å². The molecule has 0 fully saturated rings. The zero-order valence-corrected chi connectivity index (χ0v) is 17.8. The molecule has 0 aliphatic heterocycles. The number of nitrogens with one attached hydrogen (secondary N) is 2. The van der Waals surface area contributed by atoms with Gasteiger partial charge in [0.2, 0.25) is 0 Å². The molecular formula is C24H25N5O2. The maximum absolute atomic E-state index is 12.2. The molecule has 0 spiro atoms. The third-order valence-electron chi connectivity index (χ3n) is 5.59. The lowest BCUT2D eigenvalue weighted by molar-refractivity contribution is 0.100. The molecule has 2 aromatic heterocycles. The first kappa shape index (κ1) is 20.4. The first-order valence-electron chi connectivity index (χ1n) is 10.1. The third-order valence-corrected chi connectivity index (χ3v) is 5.59. The Balaban J connectivity index is 1.51. The number of aromatic nitrogens is 3. The number of oxazole rings is 1. The van der Waals surface area contributed by atoms with Gasteiger partial charge in [-0.05, 0) is 48.6 Å². The standard InChI is InChI=1S/C24H25N5O2/c1-14-8-18(9-15(2)16(14)3)11-27-24-22(23(25)30)20(28-29-24)10-17-4-6-19(7-5-17)21-12-26-13-31-21/h4-9,12-13H,10-11H2,1-3H3,(H2,25,30)(H2,27,28,29). The predicted molar refractivity (Wildman–Crippen MR) is 120 cm³/mol. The molecule has 4 rings (SSSR count). The van der Waals surface area contributed by atoms with Crippen LogP contribution in [0.4, 0.5) is 5.82 Å². The van der Waals surface area contributed by atoms with Gasteiger partial charge in [0.1, 0.15) is 5.56 Å². The van der Waals surface area contributed by atoms with E-state index in [4.69, 9.17) is 10.2 Å². The largest absolute Gasteiger partial charge is 0.444 e. The number of anilines is 1. The lowest BCUT2D eigenvalue weighted by Gasteiger charge is -2.10. The Kier molecular flexibility index (Phi) is 5.58. The van der Waals surface area contributed by atoms with Crippen LogP contribution in [-0.4, -0.2) is 21.1 Å². The van der Waals surface area contributed by atoms with Gasteiger partial charge in [-0.3, -0.25) is 9.89 Å². The van der Waals surface area contributed by atoms with Crippen LogP contribution in [0.2, 0.25) is 0 Å². The maximum Gasteiger partial charge on any atom is 0.254 e. The molecule has 2 aromatic carbocycles. The van der Waals surface area contributed by atoms with Gasteiger partial charge in [0.25, 0.3) is 5.91 Å². The van der Waals surface area contributed by atoms with Crippen molar-refractivity contribution in [1.82, 2.24) is 15.2 Å². The summed E-state index contributed by atoms with van der Waals surface area (Å²) < 4.78 is 5.32. The van der Waals surface area contributed by atoms with Gasteiger partial charge in [0.05, 0.1) is 11.9 Å². The second-order valence-electron chi connectivity index (χ2n) is 7.74. The van der Waals surface area contributed by atoms with Crippen molar-refractivity contribution in [2.24, 2.45) is 5.73 Å². The molecule has 0 radical (unpaired) electrons. The number of primary amides is 1. The quantitative estimate of drug-likeness (QED) is 0.417. The molecule has 0 bridgehead atoms. The van der Waals surface area contributed by atoms with Gasteiger partial charge in [0, 0.05) is 18.5 Å². The second kappa shape index (κ2) is 8.47. The summed E-state index contributed by atoms with van der Waals surface area (Å²) in [5.41, 5.74) is 13.6. The lowest BCUT2D eigenvalue weighted by Crippen LogP contribution is -2.15. The van der Waals surface area contributed by atoms with E-state index in [1.165, 1.54) is 23.1 Å². The van der Waals surface area contributed by atoms with Crippen molar-refractivity contribution in [1.29, 1.82) is 0 Å². The molecule has 7 heteroatoms. The van der Waals surface area contributed by atoms with Crippen molar-refractivity contribution in [3.8, 4) is 11.3 Å². The number of carbonyl (C=O) groups excluding carboxylic acids is 1. The van der Waals surface area contributed by atoms with Crippen LogP contribution < -0.4 is 11.1 Å². The molecule has 4 aromatic rings. The predicted octanol–water partition coefficient (Wildman–Crippen LogP) is 4.29. The van der Waals surface area contributed by atoms with Crippen LogP contribution in [0.1, 0.15) is 43.9 Å². The summed E-state index contributed by atoms with van der Waals surface area (Å²) in [6.45, 7) is 6.87. The molecule has 31 heavy (non-hydrogen) atoms. The topological polar surface area (TPSA) is 110 Å². The summed E-state index contributed by atoms with van der Waals surface area (Å²) in [6, 6.07) is 12.2. The Morgan fingerprint density at radius 2 is 1.81 bits per heavy atom. The number of H-pyrrole nitrogens is 1. The van der Waals surface area contributed by atoms with Gasteiger partial charge in [-0.1, -0.05) is 36.4 Å². The number of aryl methyl sites for hydroxylation is 2. The van der Waals surface area contributed by atoms with E-state index in [1.54, 1.807) is 6.20 Å². The van der Waals surface area contributed by atoms with Crippen molar-refractivity contribution < 1.29 is 9.21 Å². The van der Waals surface area contributed by atoms with E-state index >= 15 is 0 Å². The summed E-state index contributed by atoms with van der Waals surface area (Å²) in [5, 5.41) is 10.5. The number of amides is 1. The van der Waals surface area contributed by atoms with Crippen molar-refractivity contribution in [2.45, 2.75) is 33.7 Å². The number of nitrogens with zero attached hydrogens (tertiary/aromatic N) is 2. The highest BCUT2D eigenvalue weighted by Crippen LogP contribution is 2.23. The molecule has 0 atom stereocenters.